The molecule has 2 N–H and O–H groups in total. The molecule has 0 aliphatic heterocycles. The molecule has 5 heteroatoms. The third kappa shape index (κ3) is 4.49. The molecule has 0 bridgehead atoms. The van der Waals surface area contributed by atoms with E-state index < -0.39 is 7.60 Å². The SMILES string of the molecule is O=P(O)(O)CCCOc1ccccc1-c1ccccc1. The topological polar surface area (TPSA) is 66.8 Å². The van der Waals surface area contributed by atoms with E-state index >= 15 is 0 Å². The average molecular weight is 292 g/mol. The van der Waals surface area contributed by atoms with Gasteiger partial charge in [-0.05, 0) is 18.1 Å². The summed E-state index contributed by atoms with van der Waals surface area (Å²) in [5.41, 5.74) is 2.03. The van der Waals surface area contributed by atoms with Gasteiger partial charge in [-0.15, -0.1) is 0 Å². The predicted molar refractivity (Wildman–Crippen MR) is 78.9 cm³/mol. The molecule has 2 aromatic rings. The summed E-state index contributed by atoms with van der Waals surface area (Å²) in [4.78, 5) is 17.6. The van der Waals surface area contributed by atoms with Crippen molar-refractivity contribution < 1.29 is 19.1 Å². The van der Waals surface area contributed by atoms with Crippen LogP contribution in [-0.2, 0) is 4.57 Å². The van der Waals surface area contributed by atoms with Gasteiger partial charge in [-0.2, -0.15) is 0 Å². The molecule has 106 valence electrons. The van der Waals surface area contributed by atoms with Crippen molar-refractivity contribution in [3.8, 4) is 16.9 Å². The van der Waals surface area contributed by atoms with E-state index in [-0.39, 0.29) is 12.8 Å². The quantitative estimate of drug-likeness (QED) is 0.633. The van der Waals surface area contributed by atoms with Gasteiger partial charge in [0.05, 0.1) is 12.8 Å². The Hall–Kier alpha value is -1.61. The van der Waals surface area contributed by atoms with Gasteiger partial charge in [-0.25, -0.2) is 0 Å². The molecule has 0 heterocycles. The van der Waals surface area contributed by atoms with Crippen molar-refractivity contribution in [2.45, 2.75) is 6.42 Å². The molecule has 0 saturated carbocycles. The van der Waals surface area contributed by atoms with Crippen LogP contribution in [-0.4, -0.2) is 22.6 Å². The smallest absolute Gasteiger partial charge is 0.325 e. The van der Waals surface area contributed by atoms with Gasteiger partial charge in [0.2, 0.25) is 0 Å². The third-order valence-electron chi connectivity index (χ3n) is 2.82. The molecule has 0 aliphatic rings. The molecule has 0 aromatic heterocycles. The van der Waals surface area contributed by atoms with Crippen LogP contribution in [0, 0.1) is 0 Å². The summed E-state index contributed by atoms with van der Waals surface area (Å²) in [5.74, 6) is 0.726. The van der Waals surface area contributed by atoms with E-state index in [1.165, 1.54) is 0 Å². The van der Waals surface area contributed by atoms with Gasteiger partial charge >= 0.3 is 7.60 Å². The van der Waals surface area contributed by atoms with Crippen molar-refractivity contribution in [2.75, 3.05) is 12.8 Å². The summed E-state index contributed by atoms with van der Waals surface area (Å²) in [6.45, 7) is 0.287. The van der Waals surface area contributed by atoms with Crippen LogP contribution in [0.1, 0.15) is 6.42 Å². The van der Waals surface area contributed by atoms with E-state index in [1.54, 1.807) is 0 Å². The summed E-state index contributed by atoms with van der Waals surface area (Å²) in [6.07, 6.45) is 0.175. The lowest BCUT2D eigenvalue weighted by molar-refractivity contribution is 0.310. The normalized spacial score (nSPS) is 11.3. The van der Waals surface area contributed by atoms with Crippen LogP contribution in [0.15, 0.2) is 54.6 Å². The molecule has 0 spiro atoms. The van der Waals surface area contributed by atoms with Crippen LogP contribution >= 0.6 is 7.60 Å². The van der Waals surface area contributed by atoms with Crippen LogP contribution in [0.2, 0.25) is 0 Å². The summed E-state index contributed by atoms with van der Waals surface area (Å²) in [6, 6.07) is 17.5. The standard InChI is InChI=1S/C15H17O4P/c16-20(17,18)12-6-11-19-15-10-5-4-9-14(15)13-7-2-1-3-8-13/h1-5,7-10H,6,11-12H2,(H2,16,17,18). The molecule has 0 saturated heterocycles. The zero-order valence-electron chi connectivity index (χ0n) is 11.0. The van der Waals surface area contributed by atoms with E-state index in [9.17, 15) is 4.57 Å². The first kappa shape index (κ1) is 14.8. The molecule has 0 amide bonds. The highest BCUT2D eigenvalue weighted by atomic mass is 31.2. The molecule has 4 nitrogen and oxygen atoms in total. The van der Waals surface area contributed by atoms with Crippen molar-refractivity contribution in [2.24, 2.45) is 0 Å². The molecule has 0 radical (unpaired) electrons. The Morgan fingerprint density at radius 3 is 2.30 bits per heavy atom. The Morgan fingerprint density at radius 1 is 0.950 bits per heavy atom. The zero-order chi connectivity index (χ0) is 14.4. The molecule has 0 unspecified atom stereocenters. The fourth-order valence-corrected chi connectivity index (χ4v) is 2.44. The third-order valence-corrected chi connectivity index (χ3v) is 3.72. The second-order valence-corrected chi connectivity index (χ2v) is 6.23. The highest BCUT2D eigenvalue weighted by Crippen LogP contribution is 2.35. The Balaban J connectivity index is 2.04. The van der Waals surface area contributed by atoms with Gasteiger partial charge in [0.25, 0.3) is 0 Å². The molecule has 20 heavy (non-hydrogen) atoms. The fourth-order valence-electron chi connectivity index (χ4n) is 1.90. The summed E-state index contributed by atoms with van der Waals surface area (Å²) in [5, 5.41) is 0. The van der Waals surface area contributed by atoms with Gasteiger partial charge in [0, 0.05) is 5.56 Å². The monoisotopic (exact) mass is 292 g/mol. The minimum atomic E-state index is -3.94. The lowest BCUT2D eigenvalue weighted by Crippen LogP contribution is -2.01. The van der Waals surface area contributed by atoms with E-state index in [1.807, 2.05) is 54.6 Å². The molecule has 0 aliphatic carbocycles. The maximum Gasteiger partial charge on any atom is 0.325 e. The van der Waals surface area contributed by atoms with Crippen LogP contribution in [0.25, 0.3) is 11.1 Å². The fraction of sp³-hybridized carbons (Fsp3) is 0.200. The van der Waals surface area contributed by atoms with Gasteiger partial charge in [0.15, 0.2) is 0 Å². The number of rotatable bonds is 6. The number of hydrogen-bond donors (Lipinski definition) is 2. The molecule has 0 fully saturated rings. The van der Waals surface area contributed by atoms with E-state index in [0.29, 0.717) is 6.42 Å². The predicted octanol–water partition coefficient (Wildman–Crippen LogP) is 3.30. The second kappa shape index (κ2) is 6.71. The lowest BCUT2D eigenvalue weighted by atomic mass is 10.1. The molecular weight excluding hydrogens is 275 g/mol. The van der Waals surface area contributed by atoms with Gasteiger partial charge in [-0.3, -0.25) is 4.57 Å². The highest BCUT2D eigenvalue weighted by Gasteiger charge is 2.12. The Kier molecular flexibility index (Phi) is 4.96. The van der Waals surface area contributed by atoms with Crippen molar-refractivity contribution in [3.63, 3.8) is 0 Å². The van der Waals surface area contributed by atoms with Crippen LogP contribution in [0.3, 0.4) is 0 Å². The Bertz CT molecular complexity index is 592. The first-order valence-corrected chi connectivity index (χ1v) is 8.18. The number of hydrogen-bond acceptors (Lipinski definition) is 2. The maximum atomic E-state index is 10.8. The zero-order valence-corrected chi connectivity index (χ0v) is 11.9. The molecule has 2 rings (SSSR count). The van der Waals surface area contributed by atoms with Crippen LogP contribution in [0.4, 0.5) is 0 Å². The Morgan fingerprint density at radius 2 is 1.60 bits per heavy atom. The van der Waals surface area contributed by atoms with Gasteiger partial charge < -0.3 is 14.5 Å². The number of ether oxygens (including phenoxy) is 1. The van der Waals surface area contributed by atoms with Gasteiger partial charge in [-0.1, -0.05) is 48.5 Å². The second-order valence-electron chi connectivity index (χ2n) is 4.45. The average Bonchev–Trinajstić information content (AvgIpc) is 2.44. The lowest BCUT2D eigenvalue weighted by Gasteiger charge is -2.11. The number of para-hydroxylation sites is 1. The highest BCUT2D eigenvalue weighted by molar-refractivity contribution is 7.51. The Labute approximate surface area is 118 Å². The van der Waals surface area contributed by atoms with Crippen molar-refractivity contribution in [3.05, 3.63) is 54.6 Å². The van der Waals surface area contributed by atoms with E-state index in [2.05, 4.69) is 0 Å². The van der Waals surface area contributed by atoms with Crippen LogP contribution < -0.4 is 4.74 Å². The number of benzene rings is 2. The van der Waals surface area contributed by atoms with Crippen molar-refractivity contribution in [1.82, 2.24) is 0 Å². The van der Waals surface area contributed by atoms with Crippen molar-refractivity contribution in [1.29, 1.82) is 0 Å². The molecular formula is C15H17O4P. The van der Waals surface area contributed by atoms with E-state index in [0.717, 1.165) is 16.9 Å². The summed E-state index contributed by atoms with van der Waals surface area (Å²) in [7, 11) is -3.94. The largest absolute Gasteiger partial charge is 0.493 e. The molecule has 2 aromatic carbocycles. The van der Waals surface area contributed by atoms with Crippen LogP contribution in [0.5, 0.6) is 5.75 Å². The minimum absolute atomic E-state index is 0.152. The summed E-state index contributed by atoms with van der Waals surface area (Å²) < 4.78 is 16.4. The molecule has 0 atom stereocenters. The minimum Gasteiger partial charge on any atom is -0.493 e. The first-order chi connectivity index (χ1) is 9.56. The first-order valence-electron chi connectivity index (χ1n) is 6.38. The maximum absolute atomic E-state index is 10.8. The van der Waals surface area contributed by atoms with E-state index in [4.69, 9.17) is 14.5 Å². The van der Waals surface area contributed by atoms with Crippen molar-refractivity contribution >= 4 is 7.60 Å². The van der Waals surface area contributed by atoms with Gasteiger partial charge in [0.1, 0.15) is 5.75 Å². The summed E-state index contributed by atoms with van der Waals surface area (Å²) >= 11 is 0.